The number of rotatable bonds is 7. The van der Waals surface area contributed by atoms with Crippen molar-refractivity contribution in [3.8, 4) is 0 Å². The standard InChI is InChI=1S/C13H22N2O2/c1-3-5-8-12(14)13(16)15(4-2)10-11-7-6-9-17-11/h6-7,9,12H,3-5,8,10,14H2,1-2H3/t12-/m0/s1. The van der Waals surface area contributed by atoms with Crippen LogP contribution in [0.15, 0.2) is 22.8 Å². The number of nitrogens with two attached hydrogens (primary N) is 1. The molecule has 0 fully saturated rings. The minimum atomic E-state index is -0.384. The molecule has 1 aromatic rings. The van der Waals surface area contributed by atoms with Gasteiger partial charge in [0.15, 0.2) is 0 Å². The largest absolute Gasteiger partial charge is 0.467 e. The van der Waals surface area contributed by atoms with Crippen LogP contribution in [0.3, 0.4) is 0 Å². The molecule has 2 N–H and O–H groups in total. The van der Waals surface area contributed by atoms with Crippen LogP contribution in [-0.2, 0) is 11.3 Å². The zero-order valence-corrected chi connectivity index (χ0v) is 10.7. The summed E-state index contributed by atoms with van der Waals surface area (Å²) in [4.78, 5) is 13.8. The Kier molecular flexibility index (Phi) is 5.77. The summed E-state index contributed by atoms with van der Waals surface area (Å²) in [5.41, 5.74) is 5.89. The minimum absolute atomic E-state index is 0.0114. The maximum absolute atomic E-state index is 12.1. The van der Waals surface area contributed by atoms with Crippen LogP contribution in [0.2, 0.25) is 0 Å². The molecule has 17 heavy (non-hydrogen) atoms. The van der Waals surface area contributed by atoms with Gasteiger partial charge in [0.1, 0.15) is 5.76 Å². The van der Waals surface area contributed by atoms with Gasteiger partial charge in [-0.2, -0.15) is 0 Å². The molecule has 0 bridgehead atoms. The van der Waals surface area contributed by atoms with Crippen molar-refractivity contribution in [2.75, 3.05) is 6.54 Å². The summed E-state index contributed by atoms with van der Waals surface area (Å²) in [6.07, 6.45) is 4.42. The minimum Gasteiger partial charge on any atom is -0.467 e. The van der Waals surface area contributed by atoms with E-state index in [-0.39, 0.29) is 11.9 Å². The third-order valence-corrected chi connectivity index (χ3v) is 2.81. The van der Waals surface area contributed by atoms with Crippen molar-refractivity contribution in [3.05, 3.63) is 24.2 Å². The molecular formula is C13H22N2O2. The highest BCUT2D eigenvalue weighted by Gasteiger charge is 2.20. The summed E-state index contributed by atoms with van der Waals surface area (Å²) < 4.78 is 5.24. The molecule has 4 nitrogen and oxygen atoms in total. The number of likely N-dealkylation sites (N-methyl/N-ethyl adjacent to an activating group) is 1. The van der Waals surface area contributed by atoms with E-state index in [2.05, 4.69) is 6.92 Å². The Hall–Kier alpha value is -1.29. The second-order valence-corrected chi connectivity index (χ2v) is 4.18. The van der Waals surface area contributed by atoms with Crippen LogP contribution < -0.4 is 5.73 Å². The lowest BCUT2D eigenvalue weighted by Gasteiger charge is -2.23. The van der Waals surface area contributed by atoms with Crippen LogP contribution >= 0.6 is 0 Å². The number of amides is 1. The van der Waals surface area contributed by atoms with Gasteiger partial charge in [-0.15, -0.1) is 0 Å². The maximum atomic E-state index is 12.1. The van der Waals surface area contributed by atoms with Gasteiger partial charge in [-0.25, -0.2) is 0 Å². The van der Waals surface area contributed by atoms with Gasteiger partial charge in [0, 0.05) is 6.54 Å². The van der Waals surface area contributed by atoms with Crippen molar-refractivity contribution in [2.45, 2.75) is 45.7 Å². The van der Waals surface area contributed by atoms with Gasteiger partial charge in [0.2, 0.25) is 5.91 Å². The topological polar surface area (TPSA) is 59.5 Å². The zero-order chi connectivity index (χ0) is 12.7. The predicted molar refractivity (Wildman–Crippen MR) is 67.3 cm³/mol. The van der Waals surface area contributed by atoms with Gasteiger partial charge in [-0.3, -0.25) is 4.79 Å². The van der Waals surface area contributed by atoms with E-state index in [4.69, 9.17) is 10.2 Å². The van der Waals surface area contributed by atoms with Crippen LogP contribution in [0, 0.1) is 0 Å². The SMILES string of the molecule is CCCC[C@H](N)C(=O)N(CC)Cc1ccco1. The number of furan rings is 1. The van der Waals surface area contributed by atoms with E-state index in [9.17, 15) is 4.79 Å². The van der Waals surface area contributed by atoms with Gasteiger partial charge in [-0.05, 0) is 25.5 Å². The molecule has 0 aromatic carbocycles. The summed E-state index contributed by atoms with van der Waals surface area (Å²) in [6.45, 7) is 5.20. The molecule has 0 spiro atoms. The quantitative estimate of drug-likeness (QED) is 0.791. The number of hydrogen-bond donors (Lipinski definition) is 1. The fraction of sp³-hybridized carbons (Fsp3) is 0.615. The van der Waals surface area contributed by atoms with Gasteiger partial charge in [0.05, 0.1) is 18.8 Å². The van der Waals surface area contributed by atoms with Gasteiger partial charge < -0.3 is 15.1 Å². The number of carbonyl (C=O) groups is 1. The highest BCUT2D eigenvalue weighted by Crippen LogP contribution is 2.08. The monoisotopic (exact) mass is 238 g/mol. The molecule has 0 radical (unpaired) electrons. The van der Waals surface area contributed by atoms with Gasteiger partial charge >= 0.3 is 0 Å². The molecule has 96 valence electrons. The molecule has 0 aliphatic carbocycles. The van der Waals surface area contributed by atoms with E-state index in [1.165, 1.54) is 0 Å². The van der Waals surface area contributed by atoms with E-state index >= 15 is 0 Å². The fourth-order valence-corrected chi connectivity index (χ4v) is 1.72. The van der Waals surface area contributed by atoms with Crippen LogP contribution in [0.4, 0.5) is 0 Å². The summed E-state index contributed by atoms with van der Waals surface area (Å²) in [6, 6.07) is 3.31. The van der Waals surface area contributed by atoms with Crippen LogP contribution in [0.25, 0.3) is 0 Å². The van der Waals surface area contributed by atoms with Crippen LogP contribution in [0.5, 0.6) is 0 Å². The van der Waals surface area contributed by atoms with Crippen molar-refractivity contribution in [3.63, 3.8) is 0 Å². The normalized spacial score (nSPS) is 12.4. The van der Waals surface area contributed by atoms with E-state index in [1.807, 2.05) is 19.1 Å². The summed E-state index contributed by atoms with van der Waals surface area (Å²) in [7, 11) is 0. The molecular weight excluding hydrogens is 216 g/mol. The molecule has 4 heteroatoms. The molecule has 1 amide bonds. The number of nitrogens with zero attached hydrogens (tertiary/aromatic N) is 1. The maximum Gasteiger partial charge on any atom is 0.239 e. The molecule has 0 aliphatic rings. The molecule has 0 unspecified atom stereocenters. The second-order valence-electron chi connectivity index (χ2n) is 4.18. The lowest BCUT2D eigenvalue weighted by atomic mass is 10.1. The molecule has 1 atom stereocenters. The number of unbranched alkanes of at least 4 members (excludes halogenated alkanes) is 1. The lowest BCUT2D eigenvalue weighted by molar-refractivity contribution is -0.133. The smallest absolute Gasteiger partial charge is 0.239 e. The third-order valence-electron chi connectivity index (χ3n) is 2.81. The predicted octanol–water partition coefficient (Wildman–Crippen LogP) is 2.15. The Morgan fingerprint density at radius 1 is 1.53 bits per heavy atom. The summed E-state index contributed by atoms with van der Waals surface area (Å²) >= 11 is 0. The van der Waals surface area contributed by atoms with Crippen molar-refractivity contribution in [1.82, 2.24) is 4.90 Å². The highest BCUT2D eigenvalue weighted by molar-refractivity contribution is 5.81. The van der Waals surface area contributed by atoms with Crippen LogP contribution in [0.1, 0.15) is 38.9 Å². The van der Waals surface area contributed by atoms with Crippen molar-refractivity contribution >= 4 is 5.91 Å². The molecule has 1 heterocycles. The first-order valence-corrected chi connectivity index (χ1v) is 6.25. The molecule has 1 aromatic heterocycles. The van der Waals surface area contributed by atoms with Crippen LogP contribution in [-0.4, -0.2) is 23.4 Å². The summed E-state index contributed by atoms with van der Waals surface area (Å²) in [5, 5.41) is 0. The van der Waals surface area contributed by atoms with E-state index in [0.29, 0.717) is 13.1 Å². The van der Waals surface area contributed by atoms with Gasteiger partial charge in [0.25, 0.3) is 0 Å². The molecule has 1 rings (SSSR count). The average molecular weight is 238 g/mol. The number of carbonyl (C=O) groups excluding carboxylic acids is 1. The fourth-order valence-electron chi connectivity index (χ4n) is 1.72. The van der Waals surface area contributed by atoms with E-state index in [1.54, 1.807) is 11.2 Å². The molecule has 0 aliphatic heterocycles. The van der Waals surface area contributed by atoms with E-state index in [0.717, 1.165) is 25.0 Å². The van der Waals surface area contributed by atoms with Gasteiger partial charge in [-0.1, -0.05) is 19.8 Å². The third kappa shape index (κ3) is 4.23. The molecule has 0 saturated heterocycles. The average Bonchev–Trinajstić information content (AvgIpc) is 2.84. The van der Waals surface area contributed by atoms with E-state index < -0.39 is 0 Å². The van der Waals surface area contributed by atoms with Crippen molar-refractivity contribution in [2.24, 2.45) is 5.73 Å². The molecule has 0 saturated carbocycles. The Morgan fingerprint density at radius 2 is 2.29 bits per heavy atom. The first-order valence-electron chi connectivity index (χ1n) is 6.25. The Balaban J connectivity index is 2.51. The Labute approximate surface area is 103 Å². The van der Waals surface area contributed by atoms with Crippen molar-refractivity contribution < 1.29 is 9.21 Å². The first kappa shape index (κ1) is 13.8. The van der Waals surface area contributed by atoms with Crippen molar-refractivity contribution in [1.29, 1.82) is 0 Å². The summed E-state index contributed by atoms with van der Waals surface area (Å²) in [5.74, 6) is 0.806. The first-order chi connectivity index (χ1) is 8.19. The Bertz CT molecular complexity index is 322. The zero-order valence-electron chi connectivity index (χ0n) is 10.7. The lowest BCUT2D eigenvalue weighted by Crippen LogP contribution is -2.43. The Morgan fingerprint density at radius 3 is 2.82 bits per heavy atom. The second kappa shape index (κ2) is 7.12. The number of hydrogen-bond acceptors (Lipinski definition) is 3. The highest BCUT2D eigenvalue weighted by atomic mass is 16.3.